The van der Waals surface area contributed by atoms with Gasteiger partial charge in [-0.05, 0) is 13.0 Å². The molecule has 2 N–H and O–H groups in total. The highest BCUT2D eigenvalue weighted by Gasteiger charge is 2.22. The van der Waals surface area contributed by atoms with Gasteiger partial charge in [-0.25, -0.2) is 9.59 Å². The highest BCUT2D eigenvalue weighted by atomic mass is 16.5. The lowest BCUT2D eigenvalue weighted by molar-refractivity contribution is -0.153. The zero-order chi connectivity index (χ0) is 13.8. The summed E-state index contributed by atoms with van der Waals surface area (Å²) in [7, 11) is 0. The van der Waals surface area contributed by atoms with E-state index in [1.54, 1.807) is 31.2 Å². The maximum atomic E-state index is 11.6. The number of esters is 1. The molecule has 1 atom stereocenters. The van der Waals surface area contributed by atoms with E-state index >= 15 is 0 Å². The number of nitrogens with one attached hydrogen (secondary N) is 1. The second kappa shape index (κ2) is 5.53. The molecule has 1 unspecified atom stereocenters. The lowest BCUT2D eigenvalue weighted by Gasteiger charge is -2.14. The van der Waals surface area contributed by atoms with Crippen LogP contribution in [-0.2, 0) is 9.53 Å². The number of aromatic amines is 1. The summed E-state index contributed by atoms with van der Waals surface area (Å²) in [5, 5.41) is 9.99. The number of aliphatic hydroxyl groups is 1. The summed E-state index contributed by atoms with van der Waals surface area (Å²) in [6, 6.07) is 6.62. The number of benzene rings is 1. The van der Waals surface area contributed by atoms with Crippen LogP contribution in [-0.4, -0.2) is 27.2 Å². The predicted molar refractivity (Wildman–Crippen MR) is 68.0 cm³/mol. The summed E-state index contributed by atoms with van der Waals surface area (Å²) in [4.78, 5) is 25.7. The van der Waals surface area contributed by atoms with Crippen molar-refractivity contribution in [3.63, 3.8) is 0 Å². The first-order chi connectivity index (χ1) is 9.15. The van der Waals surface area contributed by atoms with Crippen LogP contribution in [0.5, 0.6) is 0 Å². The fourth-order valence-corrected chi connectivity index (χ4v) is 1.80. The zero-order valence-corrected chi connectivity index (χ0v) is 10.4. The molecule has 100 valence electrons. The largest absolute Gasteiger partial charge is 0.464 e. The molecule has 2 aromatic rings. The smallest absolute Gasteiger partial charge is 0.339 e. The molecule has 0 bridgehead atoms. The molecule has 0 spiro atoms. The highest BCUT2D eigenvalue weighted by Crippen LogP contribution is 2.21. The van der Waals surface area contributed by atoms with Crippen LogP contribution in [0.3, 0.4) is 0 Å². The molecule has 0 aliphatic carbocycles. The second-order valence-electron chi connectivity index (χ2n) is 3.85. The third-order valence-electron chi connectivity index (χ3n) is 2.65. The van der Waals surface area contributed by atoms with Crippen LogP contribution in [0.1, 0.15) is 18.6 Å². The molecule has 0 aliphatic heterocycles. The van der Waals surface area contributed by atoms with Crippen molar-refractivity contribution in [2.24, 2.45) is 0 Å². The van der Waals surface area contributed by atoms with Crippen LogP contribution >= 0.6 is 0 Å². The van der Waals surface area contributed by atoms with Crippen molar-refractivity contribution in [2.45, 2.75) is 13.0 Å². The van der Waals surface area contributed by atoms with E-state index in [0.717, 1.165) is 0 Å². The fraction of sp³-hybridized carbons (Fsp3) is 0.231. The normalized spacial score (nSPS) is 12.1. The number of H-pyrrole nitrogens is 1. The number of rotatable bonds is 4. The Hall–Kier alpha value is -2.34. The Labute approximate surface area is 109 Å². The topological polar surface area (TPSA) is 84.3 Å². The molecule has 1 aromatic carbocycles. The minimum Gasteiger partial charge on any atom is -0.464 e. The van der Waals surface area contributed by atoms with Gasteiger partial charge in [0.1, 0.15) is 0 Å². The van der Waals surface area contributed by atoms with Gasteiger partial charge in [-0.15, -0.1) is 0 Å². The van der Waals surface area contributed by atoms with Crippen molar-refractivity contribution in [3.8, 4) is 5.69 Å². The van der Waals surface area contributed by atoms with Crippen LogP contribution in [0.2, 0.25) is 0 Å². The number of hydrogen-bond donors (Lipinski definition) is 2. The van der Waals surface area contributed by atoms with Gasteiger partial charge >= 0.3 is 11.7 Å². The summed E-state index contributed by atoms with van der Waals surface area (Å²) in [6.07, 6.45) is 1.59. The number of hydrogen-bond acceptors (Lipinski definition) is 4. The van der Waals surface area contributed by atoms with Crippen molar-refractivity contribution in [1.29, 1.82) is 0 Å². The van der Waals surface area contributed by atoms with E-state index < -0.39 is 12.1 Å². The van der Waals surface area contributed by atoms with Gasteiger partial charge in [0.05, 0.1) is 12.3 Å². The van der Waals surface area contributed by atoms with Crippen molar-refractivity contribution >= 4 is 5.97 Å². The number of imidazole rings is 1. The Kier molecular flexibility index (Phi) is 3.82. The van der Waals surface area contributed by atoms with Crippen LogP contribution in [0.15, 0.2) is 41.5 Å². The Morgan fingerprint density at radius 2 is 2.21 bits per heavy atom. The minimum absolute atomic E-state index is 0.183. The van der Waals surface area contributed by atoms with E-state index in [1.807, 2.05) is 0 Å². The van der Waals surface area contributed by atoms with Gasteiger partial charge in [-0.1, -0.05) is 18.2 Å². The SMILES string of the molecule is CCOC(=O)C(O)c1ccccc1-n1cc[nH]c1=O. The maximum Gasteiger partial charge on any atom is 0.339 e. The van der Waals surface area contributed by atoms with Gasteiger partial charge in [0, 0.05) is 18.0 Å². The molecular formula is C13H14N2O4. The van der Waals surface area contributed by atoms with Gasteiger partial charge in [-0.3, -0.25) is 4.57 Å². The number of para-hydroxylation sites is 1. The van der Waals surface area contributed by atoms with Gasteiger partial charge in [0.25, 0.3) is 0 Å². The van der Waals surface area contributed by atoms with Crippen molar-refractivity contribution in [3.05, 3.63) is 52.7 Å². The molecule has 6 nitrogen and oxygen atoms in total. The molecule has 1 aromatic heterocycles. The first-order valence-electron chi connectivity index (χ1n) is 5.85. The summed E-state index contributed by atoms with van der Waals surface area (Å²) < 4.78 is 6.09. The molecule has 19 heavy (non-hydrogen) atoms. The Morgan fingerprint density at radius 3 is 2.84 bits per heavy atom. The van der Waals surface area contributed by atoms with Gasteiger partial charge < -0.3 is 14.8 Å². The second-order valence-corrected chi connectivity index (χ2v) is 3.85. The molecule has 2 rings (SSSR count). The van der Waals surface area contributed by atoms with E-state index in [0.29, 0.717) is 11.3 Å². The van der Waals surface area contributed by atoms with Crippen LogP contribution in [0.4, 0.5) is 0 Å². The summed E-state index contributed by atoms with van der Waals surface area (Å²) >= 11 is 0. The van der Waals surface area contributed by atoms with E-state index in [9.17, 15) is 14.7 Å². The third-order valence-corrected chi connectivity index (χ3v) is 2.65. The summed E-state index contributed by atoms with van der Waals surface area (Å²) in [5.74, 6) is -0.737. The Balaban J connectivity index is 2.45. The molecule has 0 saturated heterocycles. The number of aliphatic hydroxyl groups excluding tert-OH is 1. The Morgan fingerprint density at radius 1 is 1.47 bits per heavy atom. The molecule has 0 saturated carbocycles. The zero-order valence-electron chi connectivity index (χ0n) is 10.4. The lowest BCUT2D eigenvalue weighted by Crippen LogP contribution is -2.20. The number of aromatic nitrogens is 2. The third kappa shape index (κ3) is 2.58. The van der Waals surface area contributed by atoms with Crippen molar-refractivity contribution in [2.75, 3.05) is 6.61 Å². The Bertz CT molecular complexity index is 629. The first-order valence-corrected chi connectivity index (χ1v) is 5.85. The van der Waals surface area contributed by atoms with Crippen molar-refractivity contribution < 1.29 is 14.6 Å². The molecule has 0 radical (unpaired) electrons. The average Bonchev–Trinajstić information content (AvgIpc) is 2.84. The maximum absolute atomic E-state index is 11.6. The molecule has 6 heteroatoms. The van der Waals surface area contributed by atoms with Crippen LogP contribution in [0.25, 0.3) is 5.69 Å². The first kappa shape index (κ1) is 13.1. The fourth-order valence-electron chi connectivity index (χ4n) is 1.80. The summed E-state index contributed by atoms with van der Waals surface area (Å²) in [5.41, 5.74) is 0.417. The molecule has 1 heterocycles. The predicted octanol–water partition coefficient (Wildman–Crippen LogP) is 0.762. The van der Waals surface area contributed by atoms with Gasteiger partial charge in [-0.2, -0.15) is 0 Å². The number of carbonyl (C=O) groups excluding carboxylic acids is 1. The molecular weight excluding hydrogens is 248 g/mol. The van der Waals surface area contributed by atoms with Gasteiger partial charge in [0.2, 0.25) is 0 Å². The summed E-state index contributed by atoms with van der Waals surface area (Å²) in [6.45, 7) is 1.84. The van der Waals surface area contributed by atoms with E-state index in [2.05, 4.69) is 4.98 Å². The van der Waals surface area contributed by atoms with E-state index in [-0.39, 0.29) is 12.3 Å². The molecule has 0 aliphatic rings. The lowest BCUT2D eigenvalue weighted by atomic mass is 10.1. The molecule has 0 fully saturated rings. The van der Waals surface area contributed by atoms with E-state index in [1.165, 1.54) is 17.0 Å². The number of ether oxygens (including phenoxy) is 1. The number of carbonyl (C=O) groups is 1. The van der Waals surface area contributed by atoms with E-state index in [4.69, 9.17) is 4.74 Å². The number of nitrogens with zero attached hydrogens (tertiary/aromatic N) is 1. The monoisotopic (exact) mass is 262 g/mol. The molecule has 0 amide bonds. The quantitative estimate of drug-likeness (QED) is 0.797. The highest BCUT2D eigenvalue weighted by molar-refractivity contribution is 5.77. The van der Waals surface area contributed by atoms with Crippen LogP contribution < -0.4 is 5.69 Å². The average molecular weight is 262 g/mol. The minimum atomic E-state index is -1.42. The van der Waals surface area contributed by atoms with Gasteiger partial charge in [0.15, 0.2) is 6.10 Å². The van der Waals surface area contributed by atoms with Crippen LogP contribution in [0, 0.1) is 0 Å². The van der Waals surface area contributed by atoms with Crippen molar-refractivity contribution in [1.82, 2.24) is 9.55 Å². The standard InChI is InChI=1S/C13H14N2O4/c1-2-19-12(17)11(16)9-5-3-4-6-10(9)15-8-7-14-13(15)18/h3-8,11,16H,2H2,1H3,(H,14,18).